The van der Waals surface area contributed by atoms with E-state index >= 15 is 0 Å². The average molecular weight is 756 g/mol. The number of aromatic nitrogens is 3. The van der Waals surface area contributed by atoms with Crippen molar-refractivity contribution in [2.75, 3.05) is 23.0 Å². The fourth-order valence-electron chi connectivity index (χ4n) is 8.48. The van der Waals surface area contributed by atoms with Crippen molar-refractivity contribution in [2.24, 2.45) is 5.92 Å². The Morgan fingerprint density at radius 3 is 2.50 bits per heavy atom. The molecule has 288 valence electrons. The van der Waals surface area contributed by atoms with Crippen LogP contribution < -0.4 is 9.80 Å². The first-order chi connectivity index (χ1) is 25.6. The van der Waals surface area contributed by atoms with Gasteiger partial charge in [-0.05, 0) is 76.9 Å². The maximum Gasteiger partial charge on any atom is 0.304 e. The second-order valence-electron chi connectivity index (χ2n) is 15.7. The Labute approximate surface area is 318 Å². The van der Waals surface area contributed by atoms with Crippen LogP contribution in [-0.2, 0) is 36.0 Å². The second-order valence-corrected chi connectivity index (χ2v) is 19.7. The molecule has 54 heavy (non-hydrogen) atoms. The van der Waals surface area contributed by atoms with Crippen LogP contribution >= 0.6 is 0 Å². The Kier molecular flexibility index (Phi) is 11.4. The van der Waals surface area contributed by atoms with Gasteiger partial charge in [0.05, 0.1) is 36.4 Å². The molecule has 12 nitrogen and oxygen atoms in total. The third-order valence-corrected chi connectivity index (χ3v) is 13.6. The van der Waals surface area contributed by atoms with Gasteiger partial charge in [0.1, 0.15) is 0 Å². The SMILES string of the molecule is CC(=O)OC1CC(=O)N1c1ccc2c(c1)[C@@]1(O[C@H](CCn3cc(C(CO)c4ccccc4)nn3)[C@@H]([Si](C)(C)O)[C@@H]1C)C(=O)N2C/C=C(\C)CCC=C(C)C. The van der Waals surface area contributed by atoms with Crippen molar-refractivity contribution in [1.29, 1.82) is 0 Å². The van der Waals surface area contributed by atoms with Gasteiger partial charge in [-0.15, -0.1) is 5.10 Å². The minimum absolute atomic E-state index is 0.0828. The summed E-state index contributed by atoms with van der Waals surface area (Å²) in [6.45, 7) is 13.9. The third-order valence-electron chi connectivity index (χ3n) is 11.1. The largest absolute Gasteiger partial charge is 0.441 e. The highest BCUT2D eigenvalue weighted by Gasteiger charge is 2.66. The van der Waals surface area contributed by atoms with Gasteiger partial charge in [0.25, 0.3) is 5.91 Å². The number of ether oxygens (including phenoxy) is 2. The molecular weight excluding hydrogens is 703 g/mol. The maximum absolute atomic E-state index is 15.0. The number of anilines is 2. The topological polar surface area (TPSA) is 147 Å². The molecule has 1 spiro atoms. The standard InChI is InChI=1S/C41H53N5O7Si/c1-26(2)12-11-13-27(3)18-21-45-35-17-16-31(46-37(49)23-38(46)52-29(5)48)22-33(35)41(40(45)50)28(4)39(54(6,7)51)36(53-41)19-20-44-24-34(42-43-44)32(25-47)30-14-9-8-10-15-30/h8-10,12,14-18,22,24,28,32,36,38-39,47,51H,11,13,19-21,23,25H2,1-7H3/b27-18+/t28-,32?,36+,38?,39-,41+/m0/s1. The van der Waals surface area contributed by atoms with E-state index in [1.165, 1.54) is 17.4 Å². The molecule has 3 aliphatic heterocycles. The molecule has 2 aromatic carbocycles. The number of hydrogen-bond acceptors (Lipinski definition) is 9. The van der Waals surface area contributed by atoms with Crippen LogP contribution in [0.1, 0.15) is 83.0 Å². The monoisotopic (exact) mass is 755 g/mol. The van der Waals surface area contributed by atoms with E-state index in [1.54, 1.807) is 15.6 Å². The van der Waals surface area contributed by atoms with Crippen LogP contribution in [0.5, 0.6) is 0 Å². The molecule has 6 atom stereocenters. The van der Waals surface area contributed by atoms with Crippen molar-refractivity contribution in [3.63, 3.8) is 0 Å². The summed E-state index contributed by atoms with van der Waals surface area (Å²) in [5, 5.41) is 19.0. The van der Waals surface area contributed by atoms with Gasteiger partial charge in [-0.1, -0.05) is 65.8 Å². The zero-order valence-corrected chi connectivity index (χ0v) is 33.4. The molecular formula is C41H53N5O7Si. The Balaban J connectivity index is 1.33. The molecule has 0 saturated carbocycles. The lowest BCUT2D eigenvalue weighted by Crippen LogP contribution is -2.55. The number of amides is 2. The van der Waals surface area contributed by atoms with Crippen LogP contribution in [0.15, 0.2) is 78.0 Å². The summed E-state index contributed by atoms with van der Waals surface area (Å²) in [6.07, 6.45) is 7.21. The number of aliphatic hydroxyl groups is 1. The van der Waals surface area contributed by atoms with Gasteiger partial charge in [0.2, 0.25) is 5.91 Å². The number of β-lactam (4-membered cyclic amide) rings is 1. The molecule has 0 bridgehead atoms. The van der Waals surface area contributed by atoms with Crippen LogP contribution in [-0.4, -0.2) is 76.5 Å². The molecule has 4 heterocycles. The number of rotatable bonds is 14. The normalized spacial score (nSPS) is 24.5. The molecule has 1 aromatic heterocycles. The summed E-state index contributed by atoms with van der Waals surface area (Å²) in [4.78, 5) is 54.8. The van der Waals surface area contributed by atoms with E-state index in [0.29, 0.717) is 42.1 Å². The predicted octanol–water partition coefficient (Wildman–Crippen LogP) is 5.96. The summed E-state index contributed by atoms with van der Waals surface area (Å²) in [6, 6.07) is 15.1. The summed E-state index contributed by atoms with van der Waals surface area (Å²) in [5.74, 6) is -1.61. The van der Waals surface area contributed by atoms with E-state index in [0.717, 1.165) is 24.0 Å². The molecule has 6 rings (SSSR count). The fourth-order valence-corrected chi connectivity index (χ4v) is 11.1. The zero-order valence-electron chi connectivity index (χ0n) is 32.4. The number of hydrogen-bond donors (Lipinski definition) is 2. The number of aryl methyl sites for hydroxylation is 1. The number of fused-ring (bicyclic) bond motifs is 2. The Hall–Kier alpha value is -4.43. The molecule has 2 fully saturated rings. The van der Waals surface area contributed by atoms with Crippen LogP contribution in [0.25, 0.3) is 0 Å². The summed E-state index contributed by atoms with van der Waals surface area (Å²) >= 11 is 0. The fraction of sp³-hybridized carbons (Fsp3) is 0.488. The van der Waals surface area contributed by atoms with Gasteiger partial charge in [-0.25, -0.2) is 0 Å². The van der Waals surface area contributed by atoms with Crippen molar-refractivity contribution >= 4 is 37.5 Å². The van der Waals surface area contributed by atoms with E-state index in [9.17, 15) is 24.3 Å². The zero-order chi connectivity index (χ0) is 38.9. The van der Waals surface area contributed by atoms with Crippen molar-refractivity contribution < 1.29 is 33.8 Å². The Morgan fingerprint density at radius 2 is 1.85 bits per heavy atom. The highest BCUT2D eigenvalue weighted by atomic mass is 28.4. The van der Waals surface area contributed by atoms with Gasteiger partial charge in [-0.3, -0.25) is 24.0 Å². The number of benzene rings is 2. The smallest absolute Gasteiger partial charge is 0.304 e. The highest BCUT2D eigenvalue weighted by Crippen LogP contribution is 2.60. The number of allylic oxidation sites excluding steroid dienone is 3. The summed E-state index contributed by atoms with van der Waals surface area (Å²) in [7, 11) is -2.96. The first-order valence-electron chi connectivity index (χ1n) is 18.9. The average Bonchev–Trinajstić information content (AvgIpc) is 3.76. The quantitative estimate of drug-likeness (QED) is 0.0881. The van der Waals surface area contributed by atoms with Crippen molar-refractivity contribution in [3.05, 3.63) is 94.8 Å². The summed E-state index contributed by atoms with van der Waals surface area (Å²) < 4.78 is 14.2. The molecule has 13 heteroatoms. The molecule has 0 aliphatic carbocycles. The third kappa shape index (κ3) is 7.59. The number of esters is 1. The van der Waals surface area contributed by atoms with E-state index in [2.05, 4.69) is 43.2 Å². The molecule has 3 aromatic rings. The van der Waals surface area contributed by atoms with Crippen molar-refractivity contribution in [3.8, 4) is 0 Å². The van der Waals surface area contributed by atoms with Gasteiger partial charge in [-0.2, -0.15) is 0 Å². The lowest BCUT2D eigenvalue weighted by molar-refractivity contribution is -0.153. The molecule has 0 radical (unpaired) electrons. The lowest BCUT2D eigenvalue weighted by atomic mass is 9.82. The highest BCUT2D eigenvalue weighted by molar-refractivity contribution is 6.71. The van der Waals surface area contributed by atoms with Gasteiger partial charge < -0.3 is 24.3 Å². The molecule has 3 aliphatic rings. The first-order valence-corrected chi connectivity index (χ1v) is 21.9. The number of carbonyl (C=O) groups excluding carboxylic acids is 3. The predicted molar refractivity (Wildman–Crippen MR) is 208 cm³/mol. The number of nitrogens with zero attached hydrogens (tertiary/aromatic N) is 5. The van der Waals surface area contributed by atoms with Crippen LogP contribution in [0, 0.1) is 5.92 Å². The maximum atomic E-state index is 15.0. The van der Waals surface area contributed by atoms with Crippen LogP contribution in [0.3, 0.4) is 0 Å². The van der Waals surface area contributed by atoms with E-state index < -0.39 is 38.1 Å². The summed E-state index contributed by atoms with van der Waals surface area (Å²) in [5.41, 5.74) is 4.11. The van der Waals surface area contributed by atoms with Gasteiger partial charge in [0.15, 0.2) is 20.1 Å². The number of aliphatic hydroxyl groups excluding tert-OH is 1. The minimum atomic E-state index is -2.96. The number of carbonyl (C=O) groups is 3. The van der Waals surface area contributed by atoms with Gasteiger partial charge in [0, 0.05) is 48.9 Å². The molecule has 2 unspecified atom stereocenters. The second kappa shape index (κ2) is 15.7. The Morgan fingerprint density at radius 1 is 1.11 bits per heavy atom. The van der Waals surface area contributed by atoms with Gasteiger partial charge >= 0.3 is 5.97 Å². The van der Waals surface area contributed by atoms with Crippen LogP contribution in [0.2, 0.25) is 18.6 Å². The van der Waals surface area contributed by atoms with E-state index in [-0.39, 0.29) is 36.3 Å². The minimum Gasteiger partial charge on any atom is -0.441 e. The molecule has 2 saturated heterocycles. The van der Waals surface area contributed by atoms with Crippen molar-refractivity contribution in [2.45, 2.75) is 109 Å². The molecule has 2 amide bonds. The first kappa shape index (κ1) is 39.3. The lowest BCUT2D eigenvalue weighted by Gasteiger charge is -2.39. The molecule has 2 N–H and O–H groups in total. The van der Waals surface area contributed by atoms with E-state index in [1.807, 2.05) is 68.7 Å². The Bertz CT molecular complexity index is 1930. The van der Waals surface area contributed by atoms with Crippen molar-refractivity contribution in [1.82, 2.24) is 15.0 Å². The van der Waals surface area contributed by atoms with E-state index in [4.69, 9.17) is 9.47 Å². The van der Waals surface area contributed by atoms with Crippen LogP contribution in [0.4, 0.5) is 11.4 Å².